The van der Waals surface area contributed by atoms with Gasteiger partial charge in [0.25, 0.3) is 0 Å². The molecule has 10 heteroatoms. The molecule has 2 unspecified atom stereocenters. The summed E-state index contributed by atoms with van der Waals surface area (Å²) in [5, 5.41) is 2.22. The summed E-state index contributed by atoms with van der Waals surface area (Å²) in [7, 11) is 0. The summed E-state index contributed by atoms with van der Waals surface area (Å²) in [6.45, 7) is -0.0714. The molecule has 9 nitrogen and oxygen atoms in total. The van der Waals surface area contributed by atoms with Crippen LogP contribution in [0.15, 0.2) is 101 Å². The number of hydrogen-bond acceptors (Lipinski definition) is 6. The molecule has 3 amide bonds. The van der Waals surface area contributed by atoms with E-state index in [-0.39, 0.29) is 13.2 Å². The van der Waals surface area contributed by atoms with Gasteiger partial charge in [0, 0.05) is 4.90 Å². The summed E-state index contributed by atoms with van der Waals surface area (Å²) >= 11 is 1.34. The van der Waals surface area contributed by atoms with Crippen molar-refractivity contribution in [3.8, 4) is 0 Å². The largest absolute Gasteiger partial charge is 0.444 e. The zero-order valence-electron chi connectivity index (χ0n) is 19.2. The van der Waals surface area contributed by atoms with Crippen molar-refractivity contribution in [3.05, 3.63) is 102 Å². The number of benzene rings is 3. The molecule has 0 aliphatic carbocycles. The van der Waals surface area contributed by atoms with Crippen molar-refractivity contribution in [2.45, 2.75) is 29.5 Å². The minimum Gasteiger partial charge on any atom is -0.444 e. The topological polar surface area (TPSA) is 123 Å². The summed E-state index contributed by atoms with van der Waals surface area (Å²) in [6, 6.07) is 26.4. The van der Waals surface area contributed by atoms with Gasteiger partial charge in [-0.05, 0) is 23.3 Å². The summed E-state index contributed by atoms with van der Waals surface area (Å²) in [5.74, 6) is -0.944. The van der Waals surface area contributed by atoms with Crippen LogP contribution >= 0.6 is 11.8 Å². The second-order valence-corrected chi connectivity index (χ2v) is 8.94. The highest BCUT2D eigenvalue weighted by molar-refractivity contribution is 8.00. The second-order valence-electron chi connectivity index (χ2n) is 7.73. The molecule has 3 N–H and O–H groups in total. The van der Waals surface area contributed by atoms with E-state index in [1.807, 2.05) is 66.7 Å². The Morgan fingerprint density at radius 2 is 1.39 bits per heavy atom. The van der Waals surface area contributed by atoms with Crippen LogP contribution in [-0.4, -0.2) is 40.4 Å². The minimum atomic E-state index is -1.04. The lowest BCUT2D eigenvalue weighted by molar-refractivity contribution is -0.131. The van der Waals surface area contributed by atoms with E-state index in [1.54, 1.807) is 24.3 Å². The molecule has 4 rings (SSSR count). The van der Waals surface area contributed by atoms with Gasteiger partial charge in [-0.3, -0.25) is 4.79 Å². The number of nitrogens with two attached hydrogens (primary N) is 1. The lowest BCUT2D eigenvalue weighted by Gasteiger charge is -2.41. The van der Waals surface area contributed by atoms with Crippen molar-refractivity contribution < 1.29 is 23.9 Å². The molecular formula is C26H24N4O5S. The monoisotopic (exact) mass is 504 g/mol. The first-order valence-corrected chi connectivity index (χ1v) is 12.0. The van der Waals surface area contributed by atoms with Gasteiger partial charge in [-0.25, -0.2) is 14.5 Å². The van der Waals surface area contributed by atoms with Crippen LogP contribution in [0.5, 0.6) is 0 Å². The molecular weight excluding hydrogens is 480 g/mol. The van der Waals surface area contributed by atoms with E-state index in [4.69, 9.17) is 15.2 Å². The maximum atomic E-state index is 13.1. The zero-order chi connectivity index (χ0) is 25.3. The molecule has 0 radical (unpaired) electrons. The smallest absolute Gasteiger partial charge is 0.437 e. The Balaban J connectivity index is 1.51. The predicted octanol–water partition coefficient (Wildman–Crippen LogP) is 3.89. The number of carbonyl (C=O) groups excluding carboxylic acids is 3. The number of thioether (sulfide) groups is 1. The van der Waals surface area contributed by atoms with Gasteiger partial charge >= 0.3 is 12.2 Å². The fraction of sp³-hybridized carbons (Fsp3) is 0.154. The molecule has 0 spiro atoms. The number of guanidine groups is 1. The Morgan fingerprint density at radius 3 is 1.94 bits per heavy atom. The summed E-state index contributed by atoms with van der Waals surface area (Å²) in [6.07, 6.45) is -1.90. The molecule has 2 atom stereocenters. The standard InChI is InChI=1S/C26H24N4O5S/c27-24(29-25(32)34-16-18-10-4-1-5-11-18)30(26(33)35-17-19-12-6-2-7-13-19)21-22(31)28-23(21)36-20-14-8-3-9-15-20/h1-15,21,23H,16-17H2,(H,28,31)(H2,27,29,32). The van der Waals surface area contributed by atoms with E-state index >= 15 is 0 Å². The third-order valence-corrected chi connectivity index (χ3v) is 6.36. The lowest BCUT2D eigenvalue weighted by atomic mass is 10.1. The van der Waals surface area contributed by atoms with E-state index in [0.29, 0.717) is 0 Å². The van der Waals surface area contributed by atoms with Crippen molar-refractivity contribution in [1.82, 2.24) is 10.2 Å². The van der Waals surface area contributed by atoms with Crippen molar-refractivity contribution in [1.29, 1.82) is 0 Å². The third kappa shape index (κ3) is 6.42. The Labute approximate surface area is 212 Å². The van der Waals surface area contributed by atoms with Gasteiger partial charge in [0.1, 0.15) is 18.6 Å². The van der Waals surface area contributed by atoms with E-state index < -0.39 is 35.5 Å². The van der Waals surface area contributed by atoms with Crippen LogP contribution in [0.3, 0.4) is 0 Å². The first kappa shape index (κ1) is 24.8. The molecule has 1 heterocycles. The minimum absolute atomic E-state index is 0.0225. The highest BCUT2D eigenvalue weighted by Gasteiger charge is 2.48. The average molecular weight is 505 g/mol. The highest BCUT2D eigenvalue weighted by atomic mass is 32.2. The average Bonchev–Trinajstić information content (AvgIpc) is 2.90. The molecule has 36 heavy (non-hydrogen) atoms. The molecule has 1 aliphatic rings. The molecule has 0 bridgehead atoms. The number of ether oxygens (including phenoxy) is 2. The SMILES string of the molecule is NC(=NC(=O)OCc1ccccc1)N(C(=O)OCc1ccccc1)C1C(=O)NC1Sc1ccccc1. The van der Waals surface area contributed by atoms with Gasteiger partial charge in [-0.1, -0.05) is 90.6 Å². The Morgan fingerprint density at radius 1 is 0.861 bits per heavy atom. The van der Waals surface area contributed by atoms with Crippen LogP contribution in [0, 0.1) is 0 Å². The normalized spacial score (nSPS) is 16.9. The van der Waals surface area contributed by atoms with Crippen molar-refractivity contribution >= 4 is 35.8 Å². The van der Waals surface area contributed by atoms with Gasteiger partial charge in [0.15, 0.2) is 6.04 Å². The van der Waals surface area contributed by atoms with Crippen molar-refractivity contribution in [2.24, 2.45) is 10.7 Å². The molecule has 3 aromatic rings. The molecule has 1 aliphatic heterocycles. The zero-order valence-corrected chi connectivity index (χ0v) is 20.0. The molecule has 1 fully saturated rings. The second kappa shape index (κ2) is 11.9. The Hall–Kier alpha value is -4.31. The number of nitrogens with zero attached hydrogens (tertiary/aromatic N) is 2. The molecule has 184 valence electrons. The number of amides is 3. The molecule has 3 aromatic carbocycles. The molecule has 1 saturated heterocycles. The fourth-order valence-corrected chi connectivity index (χ4v) is 4.53. The summed E-state index contributed by atoms with van der Waals surface area (Å²) in [5.41, 5.74) is 7.58. The predicted molar refractivity (Wildman–Crippen MR) is 135 cm³/mol. The van der Waals surface area contributed by atoms with Crippen LogP contribution in [0.25, 0.3) is 0 Å². The van der Waals surface area contributed by atoms with Crippen LogP contribution in [0.2, 0.25) is 0 Å². The van der Waals surface area contributed by atoms with Crippen molar-refractivity contribution in [2.75, 3.05) is 0 Å². The van der Waals surface area contributed by atoms with Gasteiger partial charge < -0.3 is 20.5 Å². The lowest BCUT2D eigenvalue weighted by Crippen LogP contribution is -2.70. The Bertz CT molecular complexity index is 1220. The first-order valence-electron chi connectivity index (χ1n) is 11.1. The maximum absolute atomic E-state index is 13.1. The summed E-state index contributed by atoms with van der Waals surface area (Å²) in [4.78, 5) is 43.5. The van der Waals surface area contributed by atoms with Gasteiger partial charge in [0.05, 0.1) is 0 Å². The van der Waals surface area contributed by atoms with Gasteiger partial charge in [-0.15, -0.1) is 4.99 Å². The molecule has 0 aromatic heterocycles. The van der Waals surface area contributed by atoms with Gasteiger partial charge in [0.2, 0.25) is 11.9 Å². The highest BCUT2D eigenvalue weighted by Crippen LogP contribution is 2.31. The number of carbonyl (C=O) groups is 3. The van der Waals surface area contributed by atoms with Crippen LogP contribution in [0.1, 0.15) is 11.1 Å². The quantitative estimate of drug-likeness (QED) is 0.284. The van der Waals surface area contributed by atoms with Crippen molar-refractivity contribution in [3.63, 3.8) is 0 Å². The van der Waals surface area contributed by atoms with E-state index in [1.165, 1.54) is 11.8 Å². The third-order valence-electron chi connectivity index (χ3n) is 5.18. The number of β-lactam (4-membered cyclic amide) rings is 1. The van der Waals surface area contributed by atoms with Crippen LogP contribution in [-0.2, 0) is 27.5 Å². The fourth-order valence-electron chi connectivity index (χ4n) is 3.38. The Kier molecular flexibility index (Phi) is 8.20. The number of hydrogen-bond donors (Lipinski definition) is 2. The van der Waals surface area contributed by atoms with Crippen LogP contribution in [0.4, 0.5) is 9.59 Å². The van der Waals surface area contributed by atoms with Crippen LogP contribution < -0.4 is 11.1 Å². The number of aliphatic imine (C=N–C) groups is 1. The summed E-state index contributed by atoms with van der Waals surface area (Å²) < 4.78 is 10.6. The number of rotatable bonds is 7. The van der Waals surface area contributed by atoms with Gasteiger partial charge in [-0.2, -0.15) is 0 Å². The van der Waals surface area contributed by atoms with E-state index in [2.05, 4.69) is 10.3 Å². The van der Waals surface area contributed by atoms with E-state index in [0.717, 1.165) is 20.9 Å². The molecule has 0 saturated carbocycles. The van der Waals surface area contributed by atoms with E-state index in [9.17, 15) is 14.4 Å². The number of nitrogens with one attached hydrogen (secondary N) is 1. The first-order chi connectivity index (χ1) is 17.5. The maximum Gasteiger partial charge on any atom is 0.437 e.